The molecule has 0 aromatic heterocycles. The summed E-state index contributed by atoms with van der Waals surface area (Å²) in [7, 11) is 0. The third-order valence-electron chi connectivity index (χ3n) is 19.2. The third-order valence-corrected chi connectivity index (χ3v) is 19.2. The predicted octanol–water partition coefficient (Wildman–Crippen LogP) is -5.31. The summed E-state index contributed by atoms with van der Waals surface area (Å²) in [4.78, 5) is 139. The summed E-state index contributed by atoms with van der Waals surface area (Å²) in [6, 6.07) is -3.29. The van der Waals surface area contributed by atoms with Gasteiger partial charge >= 0.3 is 0 Å². The summed E-state index contributed by atoms with van der Waals surface area (Å²) in [5, 5.41) is 121. The Balaban J connectivity index is 1.58. The minimum Gasteiger partial charge on any atom is -0.394 e. The van der Waals surface area contributed by atoms with Crippen molar-refractivity contribution in [3.05, 3.63) is 0 Å². The van der Waals surface area contributed by atoms with Crippen LogP contribution in [0.15, 0.2) is 0 Å². The number of nitrogens with one attached hydrogen (secondary N) is 11. The first kappa shape index (κ1) is 105. The molecule has 0 bridgehead atoms. The van der Waals surface area contributed by atoms with E-state index in [-0.39, 0.29) is 191 Å². The number of carbonyl (C=O) groups excluding carboxylic acids is 11. The zero-order valence-corrected chi connectivity index (χ0v) is 68.5. The molecular weight excluding hydrogens is 1540 g/mol. The zero-order chi connectivity index (χ0) is 86.2. The number of aliphatic hydroxyl groups excluding tert-OH is 9. The maximum Gasteiger partial charge on any atom is 0.222 e. The Labute approximate surface area is 684 Å². The van der Waals surface area contributed by atoms with E-state index >= 15 is 0 Å². The number of aliphatic hydroxyl groups is 9. The summed E-state index contributed by atoms with van der Waals surface area (Å²) < 4.78 is 52.1. The summed E-state index contributed by atoms with van der Waals surface area (Å²) in [5.74, 6) is -3.77. The fourth-order valence-corrected chi connectivity index (χ4v) is 12.7. The van der Waals surface area contributed by atoms with Crippen LogP contribution in [0.4, 0.5) is 0 Å². The molecule has 0 aromatic rings. The van der Waals surface area contributed by atoms with Gasteiger partial charge in [0.15, 0.2) is 18.9 Å². The predicted molar refractivity (Wildman–Crippen MR) is 417 cm³/mol. The van der Waals surface area contributed by atoms with Gasteiger partial charge in [0.1, 0.15) is 78.6 Å². The van der Waals surface area contributed by atoms with Gasteiger partial charge in [-0.25, -0.2) is 0 Å². The molecule has 3 rings (SSSR count). The number of nitrogens with two attached hydrogens (primary N) is 1. The third kappa shape index (κ3) is 45.6. The van der Waals surface area contributed by atoms with E-state index in [1.165, 1.54) is 20.8 Å². The van der Waals surface area contributed by atoms with E-state index in [2.05, 4.69) is 58.5 Å². The van der Waals surface area contributed by atoms with Crippen LogP contribution in [-0.4, -0.2) is 340 Å². The molecule has 41 heteroatoms. The second-order valence-corrected chi connectivity index (χ2v) is 29.5. The second kappa shape index (κ2) is 62.5. The molecule has 3 fully saturated rings. The van der Waals surface area contributed by atoms with Crippen LogP contribution < -0.4 is 64.2 Å². The molecule has 676 valence electrons. The Kier molecular flexibility index (Phi) is 55.9. The molecule has 41 nitrogen and oxygen atoms in total. The average Bonchev–Trinajstić information content (AvgIpc) is 0.817. The maximum absolute atomic E-state index is 14.0. The van der Waals surface area contributed by atoms with Crippen LogP contribution >= 0.6 is 0 Å². The van der Waals surface area contributed by atoms with Gasteiger partial charge in [0.05, 0.1) is 59.5 Å². The molecule has 3 heterocycles. The van der Waals surface area contributed by atoms with Gasteiger partial charge in [-0.15, -0.1) is 0 Å². The Bertz CT molecular complexity index is 2600. The van der Waals surface area contributed by atoms with Gasteiger partial charge in [0, 0.05) is 138 Å². The molecule has 15 unspecified atom stereocenters. The Morgan fingerprint density at radius 2 is 0.556 bits per heavy atom. The van der Waals surface area contributed by atoms with Crippen LogP contribution in [0.1, 0.15) is 188 Å². The Morgan fingerprint density at radius 1 is 0.308 bits per heavy atom. The number of unbranched alkanes of at least 4 members (excludes halogenated alkanes) is 10. The number of rotatable bonds is 66. The highest BCUT2D eigenvalue weighted by Crippen LogP contribution is 2.26. The van der Waals surface area contributed by atoms with Crippen molar-refractivity contribution in [2.75, 3.05) is 132 Å². The number of carbonyl (C=O) groups is 11. The SMILES string of the molecule is CC(=O)NC1C(OCCCCC(=O)NCCCNC(=O)CCOCC(COCCC(=O)NCCCNC(=O)CCCCOC2OC(CO)C(O)C(O)C2NC(C)=O)(COCCC(=O)NCCCNC(=O)CCCCOC2OC(CO)C(O)C(O)C2NC(C)=O)NC(=O)CCCCCCCC(=O)NCCCCCCN)OC(CO)C(O)C1O. The van der Waals surface area contributed by atoms with Gasteiger partial charge in [0.25, 0.3) is 0 Å². The van der Waals surface area contributed by atoms with Crippen LogP contribution in [-0.2, 0) is 95.4 Å². The number of ether oxygens (including phenoxy) is 9. The topological polar surface area (TPSA) is 611 Å². The van der Waals surface area contributed by atoms with Crippen molar-refractivity contribution in [3.63, 3.8) is 0 Å². The summed E-state index contributed by atoms with van der Waals surface area (Å²) in [6.45, 7) is 3.56. The van der Waals surface area contributed by atoms with Gasteiger partial charge in [-0.05, 0) is 90.0 Å². The highest BCUT2D eigenvalue weighted by molar-refractivity contribution is 5.79. The lowest BCUT2D eigenvalue weighted by Crippen LogP contribution is -2.64. The first-order chi connectivity index (χ1) is 56.2. The van der Waals surface area contributed by atoms with Crippen LogP contribution in [0.2, 0.25) is 0 Å². The lowest BCUT2D eigenvalue weighted by atomic mass is 9.97. The molecule has 3 aliphatic heterocycles. The first-order valence-corrected chi connectivity index (χ1v) is 41.3. The van der Waals surface area contributed by atoms with Crippen molar-refractivity contribution in [2.45, 2.75) is 285 Å². The molecule has 0 radical (unpaired) electrons. The number of hydrogen-bond acceptors (Lipinski definition) is 30. The molecule has 0 spiro atoms. The molecule has 0 aliphatic carbocycles. The van der Waals surface area contributed by atoms with E-state index < -0.39 is 135 Å². The normalized spacial score (nSPS) is 23.6. The molecule has 15 atom stereocenters. The van der Waals surface area contributed by atoms with Crippen molar-refractivity contribution < 1.29 is 141 Å². The highest BCUT2D eigenvalue weighted by Gasteiger charge is 2.48. The minimum atomic E-state index is -1.46. The molecule has 3 aliphatic rings. The van der Waals surface area contributed by atoms with E-state index in [0.717, 1.165) is 38.5 Å². The molecule has 117 heavy (non-hydrogen) atoms. The van der Waals surface area contributed by atoms with Gasteiger partial charge in [-0.1, -0.05) is 32.1 Å². The molecule has 0 aromatic carbocycles. The zero-order valence-electron chi connectivity index (χ0n) is 68.5. The molecule has 0 saturated carbocycles. The van der Waals surface area contributed by atoms with E-state index in [9.17, 15) is 98.7 Å². The van der Waals surface area contributed by atoms with Crippen LogP contribution in [0.3, 0.4) is 0 Å². The van der Waals surface area contributed by atoms with Crippen molar-refractivity contribution in [2.24, 2.45) is 5.73 Å². The maximum atomic E-state index is 14.0. The van der Waals surface area contributed by atoms with Crippen molar-refractivity contribution in [3.8, 4) is 0 Å². The molecule has 22 N–H and O–H groups in total. The number of hydrogen-bond donors (Lipinski definition) is 21. The summed E-state index contributed by atoms with van der Waals surface area (Å²) in [6.07, 6.45) is -4.34. The Morgan fingerprint density at radius 3 is 0.838 bits per heavy atom. The van der Waals surface area contributed by atoms with Crippen LogP contribution in [0, 0.1) is 0 Å². The van der Waals surface area contributed by atoms with E-state index in [1.807, 2.05) is 0 Å². The van der Waals surface area contributed by atoms with Crippen molar-refractivity contribution >= 4 is 65.0 Å². The monoisotopic (exact) mass is 1680 g/mol. The summed E-state index contributed by atoms with van der Waals surface area (Å²) >= 11 is 0. The Hall–Kier alpha value is -6.59. The molecule has 11 amide bonds. The highest BCUT2D eigenvalue weighted by atomic mass is 16.7. The smallest absolute Gasteiger partial charge is 0.222 e. The van der Waals surface area contributed by atoms with Gasteiger partial charge in [-0.2, -0.15) is 0 Å². The number of amides is 11. The largest absolute Gasteiger partial charge is 0.394 e. The molecular formula is C76H138N12O29. The fourth-order valence-electron chi connectivity index (χ4n) is 12.7. The van der Waals surface area contributed by atoms with Crippen LogP contribution in [0.25, 0.3) is 0 Å². The quantitative estimate of drug-likeness (QED) is 0.0253. The lowest BCUT2D eigenvalue weighted by molar-refractivity contribution is -0.270. The van der Waals surface area contributed by atoms with Gasteiger partial charge in [0.2, 0.25) is 65.0 Å². The van der Waals surface area contributed by atoms with Crippen molar-refractivity contribution in [1.29, 1.82) is 0 Å². The minimum absolute atomic E-state index is 0.0107. The lowest BCUT2D eigenvalue weighted by Gasteiger charge is -2.42. The van der Waals surface area contributed by atoms with Crippen molar-refractivity contribution in [1.82, 2.24) is 58.5 Å². The second-order valence-electron chi connectivity index (χ2n) is 29.5. The van der Waals surface area contributed by atoms with E-state index in [1.54, 1.807) is 0 Å². The standard InChI is InChI=1S/C76H138N12O29/c1-50(92)85-64-70(106)67(103)53(44-89)115-73(64)112-38-16-11-23-57(96)79-32-19-35-82-60(99)27-41-109-47-76(88-63(102)26-10-6-4-5-9-22-56(95)78-31-15-8-7-14-30-77,48-110-42-28-61(100)83-36-20-33-80-58(97)24-12-17-39-113-74-65(86-51(2)93)71(107)68(104)54(45-90)116-74)49-111-43-29-62(101)84-37-21-34-81-59(98)25-13-18-40-114-75-66(87-52(3)94)72(108)69(105)55(46-91)117-75/h53-55,64-75,89-91,103-108H,4-49,77H2,1-3H3,(H,78,95)(H,79,96)(H,80,97)(H,81,98)(H,82,99)(H,83,100)(H,84,101)(H,85,92)(H,86,93)(H,87,94)(H,88,102). The van der Waals surface area contributed by atoms with E-state index in [4.69, 9.17) is 48.4 Å². The van der Waals surface area contributed by atoms with Gasteiger partial charge < -0.3 is 153 Å². The fraction of sp³-hybridized carbons (Fsp3) is 0.855. The summed E-state index contributed by atoms with van der Waals surface area (Å²) in [5.41, 5.74) is 4.14. The van der Waals surface area contributed by atoms with Gasteiger partial charge in [-0.3, -0.25) is 52.7 Å². The first-order valence-electron chi connectivity index (χ1n) is 41.3. The average molecular weight is 1680 g/mol. The van der Waals surface area contributed by atoms with E-state index in [0.29, 0.717) is 96.6 Å². The molecule has 3 saturated heterocycles. The van der Waals surface area contributed by atoms with Crippen LogP contribution in [0.5, 0.6) is 0 Å².